The van der Waals surface area contributed by atoms with Gasteiger partial charge in [0.25, 0.3) is 11.4 Å². The Labute approximate surface area is 160 Å². The second-order valence-electron chi connectivity index (χ2n) is 6.92. The number of nitrogens with zero attached hydrogens (tertiary/aromatic N) is 2. The lowest BCUT2D eigenvalue weighted by atomic mass is 9.76. The highest BCUT2D eigenvalue weighted by atomic mass is 35.5. The fourth-order valence-electron chi connectivity index (χ4n) is 4.16. The molecule has 0 fully saturated rings. The third-order valence-corrected chi connectivity index (χ3v) is 5.73. The molecule has 4 rings (SSSR count). The molecule has 2 aromatic rings. The van der Waals surface area contributed by atoms with Gasteiger partial charge in [0.1, 0.15) is 0 Å². The van der Waals surface area contributed by atoms with Crippen LogP contribution in [0.3, 0.4) is 0 Å². The minimum Gasteiger partial charge on any atom is -0.377 e. The zero-order valence-corrected chi connectivity index (χ0v) is 15.1. The number of benzene rings is 2. The average molecular weight is 386 g/mol. The number of fused-ring (bicyclic) bond motifs is 3. The topological polar surface area (TPSA) is 98.3 Å². The molecule has 0 radical (unpaired) electrons. The Balaban J connectivity index is 1.85. The van der Waals surface area contributed by atoms with Gasteiger partial charge < -0.3 is 5.32 Å². The largest absolute Gasteiger partial charge is 0.377 e. The molecule has 1 aliphatic carbocycles. The van der Waals surface area contributed by atoms with Crippen molar-refractivity contribution in [3.8, 4) is 0 Å². The maximum Gasteiger partial charge on any atom is 0.270 e. The molecule has 0 bridgehead atoms. The normalized spacial score (nSPS) is 22.7. The number of hydrogen-bond acceptors (Lipinski definition) is 5. The fourth-order valence-corrected chi connectivity index (χ4v) is 4.40. The van der Waals surface area contributed by atoms with Crippen LogP contribution in [0.4, 0.5) is 17.1 Å². The van der Waals surface area contributed by atoms with Crippen LogP contribution in [-0.4, -0.2) is 9.85 Å². The molecule has 1 heterocycles. The molecular formula is C19H16ClN3O4. The van der Waals surface area contributed by atoms with Crippen molar-refractivity contribution in [1.29, 1.82) is 0 Å². The standard InChI is InChI=1S/C19H16ClN3O4/c1-10-7-12(23(26)27)9-15-13-3-2-4-14(13)19(21-18(10)15)16-8-11(22(24)25)5-6-17(16)20/h2-3,5-9,13-14,19,21H,4H2,1H3. The molecule has 2 aromatic carbocycles. The van der Waals surface area contributed by atoms with Crippen LogP contribution in [0.25, 0.3) is 0 Å². The van der Waals surface area contributed by atoms with Crippen LogP contribution in [0.1, 0.15) is 35.1 Å². The second kappa shape index (κ2) is 6.35. The summed E-state index contributed by atoms with van der Waals surface area (Å²) in [4.78, 5) is 21.6. The number of rotatable bonds is 3. The molecule has 3 unspecified atom stereocenters. The lowest BCUT2D eigenvalue weighted by Gasteiger charge is -2.38. The van der Waals surface area contributed by atoms with Crippen molar-refractivity contribution in [2.75, 3.05) is 5.32 Å². The Hall–Kier alpha value is -2.93. The van der Waals surface area contributed by atoms with Gasteiger partial charge in [-0.1, -0.05) is 23.8 Å². The smallest absolute Gasteiger partial charge is 0.270 e. The van der Waals surface area contributed by atoms with Crippen molar-refractivity contribution in [2.24, 2.45) is 5.92 Å². The van der Waals surface area contributed by atoms with Crippen molar-refractivity contribution in [2.45, 2.75) is 25.3 Å². The Morgan fingerprint density at radius 2 is 1.78 bits per heavy atom. The molecule has 1 N–H and O–H groups in total. The Morgan fingerprint density at radius 1 is 1.07 bits per heavy atom. The Kier molecular flexibility index (Phi) is 4.11. The molecule has 27 heavy (non-hydrogen) atoms. The number of hydrogen-bond donors (Lipinski definition) is 1. The predicted octanol–water partition coefficient (Wildman–Crippen LogP) is 5.29. The van der Waals surface area contributed by atoms with E-state index in [1.165, 1.54) is 18.2 Å². The molecule has 0 amide bonds. The van der Waals surface area contributed by atoms with E-state index in [9.17, 15) is 20.2 Å². The summed E-state index contributed by atoms with van der Waals surface area (Å²) < 4.78 is 0. The maximum absolute atomic E-state index is 11.2. The molecule has 3 atom stereocenters. The van der Waals surface area contributed by atoms with E-state index in [1.807, 2.05) is 6.92 Å². The van der Waals surface area contributed by atoms with Crippen molar-refractivity contribution in [3.05, 3.63) is 84.4 Å². The number of allylic oxidation sites excluding steroid dienone is 2. The summed E-state index contributed by atoms with van der Waals surface area (Å²) >= 11 is 6.39. The minimum absolute atomic E-state index is 0.000166. The van der Waals surface area contributed by atoms with Crippen molar-refractivity contribution < 1.29 is 9.85 Å². The van der Waals surface area contributed by atoms with Gasteiger partial charge in [-0.2, -0.15) is 0 Å². The number of anilines is 1. The quantitative estimate of drug-likeness (QED) is 0.439. The van der Waals surface area contributed by atoms with Gasteiger partial charge in [0.15, 0.2) is 0 Å². The molecule has 0 saturated heterocycles. The second-order valence-corrected chi connectivity index (χ2v) is 7.33. The molecule has 138 valence electrons. The van der Waals surface area contributed by atoms with E-state index in [-0.39, 0.29) is 34.2 Å². The van der Waals surface area contributed by atoms with Gasteiger partial charge in [-0.25, -0.2) is 0 Å². The van der Waals surface area contributed by atoms with E-state index in [2.05, 4.69) is 17.5 Å². The first-order chi connectivity index (χ1) is 12.9. The minimum atomic E-state index is -0.435. The van der Waals surface area contributed by atoms with Gasteiger partial charge in [-0.15, -0.1) is 0 Å². The molecule has 2 aliphatic rings. The first-order valence-electron chi connectivity index (χ1n) is 8.53. The van der Waals surface area contributed by atoms with Crippen molar-refractivity contribution >= 4 is 28.7 Å². The summed E-state index contributed by atoms with van der Waals surface area (Å²) in [5.41, 5.74) is 3.22. The van der Waals surface area contributed by atoms with Crippen LogP contribution >= 0.6 is 11.6 Å². The molecule has 0 saturated carbocycles. The van der Waals surface area contributed by atoms with Crippen LogP contribution < -0.4 is 5.32 Å². The number of nitro groups is 2. The number of nitrogens with one attached hydrogen (secondary N) is 1. The molecule has 8 heteroatoms. The molecule has 7 nitrogen and oxygen atoms in total. The Morgan fingerprint density at radius 3 is 2.48 bits per heavy atom. The van der Waals surface area contributed by atoms with E-state index >= 15 is 0 Å². The van der Waals surface area contributed by atoms with Crippen LogP contribution in [0, 0.1) is 33.1 Å². The highest BCUT2D eigenvalue weighted by molar-refractivity contribution is 6.31. The van der Waals surface area contributed by atoms with E-state index < -0.39 is 4.92 Å². The van der Waals surface area contributed by atoms with E-state index in [0.29, 0.717) is 10.6 Å². The van der Waals surface area contributed by atoms with Crippen molar-refractivity contribution in [1.82, 2.24) is 0 Å². The van der Waals surface area contributed by atoms with Gasteiger partial charge in [-0.05, 0) is 36.5 Å². The summed E-state index contributed by atoms with van der Waals surface area (Å²) in [7, 11) is 0. The van der Waals surface area contributed by atoms with Gasteiger partial charge in [0, 0.05) is 46.5 Å². The highest BCUT2D eigenvalue weighted by Crippen LogP contribution is 2.52. The first-order valence-corrected chi connectivity index (χ1v) is 8.90. The summed E-state index contributed by atoms with van der Waals surface area (Å²) in [6, 6.07) is 7.39. The Bertz CT molecular complexity index is 1000. The molecule has 0 aromatic heterocycles. The number of halogens is 1. The summed E-state index contributed by atoms with van der Waals surface area (Å²) in [5, 5.41) is 26.4. The number of nitro benzene ring substituents is 2. The van der Waals surface area contributed by atoms with Crippen LogP contribution in [0.15, 0.2) is 42.5 Å². The lowest BCUT2D eigenvalue weighted by Crippen LogP contribution is -2.30. The maximum atomic E-state index is 11.2. The SMILES string of the molecule is Cc1cc([N+](=O)[O-])cc2c1NC(c1cc([N+](=O)[O-])ccc1Cl)C1CC=CC21. The summed E-state index contributed by atoms with van der Waals surface area (Å²) in [6.45, 7) is 1.82. The zero-order valence-electron chi connectivity index (χ0n) is 14.4. The first kappa shape index (κ1) is 17.5. The summed E-state index contributed by atoms with van der Waals surface area (Å²) in [6.07, 6.45) is 4.88. The lowest BCUT2D eigenvalue weighted by molar-refractivity contribution is -0.385. The third kappa shape index (κ3) is 2.84. The molecule has 0 spiro atoms. The summed E-state index contributed by atoms with van der Waals surface area (Å²) in [5.74, 6) is 0.0820. The van der Waals surface area contributed by atoms with Gasteiger partial charge in [0.2, 0.25) is 0 Å². The average Bonchev–Trinajstić information content (AvgIpc) is 3.11. The van der Waals surface area contributed by atoms with Crippen LogP contribution in [0.5, 0.6) is 0 Å². The van der Waals surface area contributed by atoms with E-state index in [0.717, 1.165) is 23.2 Å². The monoisotopic (exact) mass is 385 g/mol. The molecule has 1 aliphatic heterocycles. The third-order valence-electron chi connectivity index (χ3n) is 5.39. The van der Waals surface area contributed by atoms with Gasteiger partial charge in [-0.3, -0.25) is 20.2 Å². The van der Waals surface area contributed by atoms with Crippen LogP contribution in [0.2, 0.25) is 5.02 Å². The zero-order chi connectivity index (χ0) is 19.3. The number of aryl methyl sites for hydroxylation is 1. The van der Waals surface area contributed by atoms with Crippen LogP contribution in [-0.2, 0) is 0 Å². The number of non-ortho nitro benzene ring substituents is 2. The predicted molar refractivity (Wildman–Crippen MR) is 102 cm³/mol. The van der Waals surface area contributed by atoms with E-state index in [1.54, 1.807) is 12.1 Å². The van der Waals surface area contributed by atoms with Gasteiger partial charge >= 0.3 is 0 Å². The van der Waals surface area contributed by atoms with Gasteiger partial charge in [0.05, 0.1) is 15.9 Å². The highest BCUT2D eigenvalue weighted by Gasteiger charge is 2.40. The molecular weight excluding hydrogens is 370 g/mol. The van der Waals surface area contributed by atoms with E-state index in [4.69, 9.17) is 11.6 Å². The van der Waals surface area contributed by atoms with Crippen molar-refractivity contribution in [3.63, 3.8) is 0 Å². The fraction of sp³-hybridized carbons (Fsp3) is 0.263.